The number of carbonyl (C=O) groups is 1. The summed E-state index contributed by atoms with van der Waals surface area (Å²) in [6, 6.07) is 7.00. The van der Waals surface area contributed by atoms with Crippen LogP contribution in [0, 0.1) is 17.2 Å². The van der Waals surface area contributed by atoms with Gasteiger partial charge in [0.25, 0.3) is 5.91 Å². The summed E-state index contributed by atoms with van der Waals surface area (Å²) in [5.74, 6) is 1.02. The van der Waals surface area contributed by atoms with Crippen LogP contribution in [0.3, 0.4) is 0 Å². The predicted molar refractivity (Wildman–Crippen MR) is 95.3 cm³/mol. The van der Waals surface area contributed by atoms with Gasteiger partial charge >= 0.3 is 0 Å². The SMILES string of the molecule is N#Cc1cnc2c(Nc3ccc(C(=O)NCC4CC4)cn3)cc(Cl)nn12. The summed E-state index contributed by atoms with van der Waals surface area (Å²) in [7, 11) is 0. The largest absolute Gasteiger partial charge is 0.352 e. The Morgan fingerprint density at radius 2 is 2.19 bits per heavy atom. The molecule has 0 saturated heterocycles. The zero-order valence-corrected chi connectivity index (χ0v) is 14.4. The first-order valence-corrected chi connectivity index (χ1v) is 8.47. The summed E-state index contributed by atoms with van der Waals surface area (Å²) in [5, 5.41) is 19.4. The van der Waals surface area contributed by atoms with Gasteiger partial charge in [0.15, 0.2) is 16.5 Å². The van der Waals surface area contributed by atoms with Gasteiger partial charge in [-0.25, -0.2) is 9.97 Å². The van der Waals surface area contributed by atoms with E-state index in [4.69, 9.17) is 16.9 Å². The topological polar surface area (TPSA) is 108 Å². The van der Waals surface area contributed by atoms with E-state index in [2.05, 4.69) is 25.7 Å². The molecular weight excluding hydrogens is 354 g/mol. The minimum Gasteiger partial charge on any atom is -0.352 e. The normalized spacial score (nSPS) is 13.4. The van der Waals surface area contributed by atoms with Gasteiger partial charge in [-0.15, -0.1) is 0 Å². The average molecular weight is 368 g/mol. The van der Waals surface area contributed by atoms with Gasteiger partial charge in [-0.2, -0.15) is 14.9 Å². The van der Waals surface area contributed by atoms with Crippen molar-refractivity contribution in [2.75, 3.05) is 11.9 Å². The van der Waals surface area contributed by atoms with Crippen LogP contribution < -0.4 is 10.6 Å². The van der Waals surface area contributed by atoms with E-state index in [9.17, 15) is 4.79 Å². The molecule has 0 radical (unpaired) electrons. The van der Waals surface area contributed by atoms with Gasteiger partial charge in [0.1, 0.15) is 11.9 Å². The van der Waals surface area contributed by atoms with Crippen molar-refractivity contribution in [3.05, 3.63) is 47.0 Å². The highest BCUT2D eigenvalue weighted by atomic mass is 35.5. The summed E-state index contributed by atoms with van der Waals surface area (Å²) in [4.78, 5) is 20.5. The molecule has 26 heavy (non-hydrogen) atoms. The van der Waals surface area contributed by atoms with Crippen LogP contribution in [-0.2, 0) is 0 Å². The van der Waals surface area contributed by atoms with Crippen LogP contribution in [0.25, 0.3) is 5.65 Å². The molecule has 0 aromatic carbocycles. The summed E-state index contributed by atoms with van der Waals surface area (Å²) in [6.07, 6.45) is 5.30. The quantitative estimate of drug-likeness (QED) is 0.717. The number of fused-ring (bicyclic) bond motifs is 1. The van der Waals surface area contributed by atoms with Crippen LogP contribution in [0.1, 0.15) is 28.9 Å². The highest BCUT2D eigenvalue weighted by Gasteiger charge is 2.22. The Bertz CT molecular complexity index is 1020. The number of carbonyl (C=O) groups excluding carboxylic acids is 1. The Labute approximate surface area is 153 Å². The molecule has 130 valence electrons. The molecule has 3 aromatic heterocycles. The van der Waals surface area contributed by atoms with E-state index >= 15 is 0 Å². The molecular formula is C17H14ClN7O. The Kier molecular flexibility index (Phi) is 4.14. The summed E-state index contributed by atoms with van der Waals surface area (Å²) >= 11 is 6.03. The van der Waals surface area contributed by atoms with Crippen LogP contribution in [0.5, 0.6) is 0 Å². The summed E-state index contributed by atoms with van der Waals surface area (Å²) in [5.41, 5.74) is 1.80. The molecule has 1 fully saturated rings. The Morgan fingerprint density at radius 1 is 1.35 bits per heavy atom. The van der Waals surface area contributed by atoms with Crippen LogP contribution in [0.15, 0.2) is 30.6 Å². The molecule has 9 heteroatoms. The second-order valence-corrected chi connectivity index (χ2v) is 6.47. The van der Waals surface area contributed by atoms with Gasteiger partial charge in [-0.3, -0.25) is 4.79 Å². The third-order valence-electron chi connectivity index (χ3n) is 4.09. The molecule has 0 bridgehead atoms. The lowest BCUT2D eigenvalue weighted by atomic mass is 10.2. The first kappa shape index (κ1) is 16.3. The Balaban J connectivity index is 1.54. The number of rotatable bonds is 5. The molecule has 3 heterocycles. The van der Waals surface area contributed by atoms with Crippen LogP contribution in [0.2, 0.25) is 5.15 Å². The lowest BCUT2D eigenvalue weighted by molar-refractivity contribution is 0.0951. The molecule has 3 aromatic rings. The van der Waals surface area contributed by atoms with Crippen molar-refractivity contribution in [2.24, 2.45) is 5.92 Å². The van der Waals surface area contributed by atoms with Gasteiger partial charge < -0.3 is 10.6 Å². The number of nitrogens with one attached hydrogen (secondary N) is 2. The molecule has 0 unspecified atom stereocenters. The molecule has 2 N–H and O–H groups in total. The third kappa shape index (κ3) is 3.30. The van der Waals surface area contributed by atoms with E-state index in [-0.39, 0.29) is 16.8 Å². The lowest BCUT2D eigenvalue weighted by Gasteiger charge is -2.08. The number of amides is 1. The van der Waals surface area contributed by atoms with E-state index < -0.39 is 0 Å². The standard InChI is InChI=1S/C17H14ClN7O/c18-14-5-13(16-21-9-12(6-19)25(16)24-14)23-15-4-3-11(8-20-15)17(26)22-7-10-1-2-10/h3-5,8-10H,1-2,7H2,(H,20,23)(H,22,26). The van der Waals surface area contributed by atoms with E-state index in [1.807, 2.05) is 6.07 Å². The number of nitriles is 1. The zero-order chi connectivity index (χ0) is 18.1. The molecule has 0 atom stereocenters. The van der Waals surface area contributed by atoms with E-state index in [1.54, 1.807) is 18.2 Å². The maximum absolute atomic E-state index is 12.1. The predicted octanol–water partition coefficient (Wildman–Crippen LogP) is 2.53. The number of imidazole rings is 1. The molecule has 8 nitrogen and oxygen atoms in total. The molecule has 1 aliphatic rings. The first-order chi connectivity index (χ1) is 12.6. The number of hydrogen-bond donors (Lipinski definition) is 2. The van der Waals surface area contributed by atoms with E-state index in [1.165, 1.54) is 29.8 Å². The van der Waals surface area contributed by atoms with Crippen molar-refractivity contribution in [2.45, 2.75) is 12.8 Å². The van der Waals surface area contributed by atoms with E-state index in [0.29, 0.717) is 35.2 Å². The van der Waals surface area contributed by atoms with Crippen molar-refractivity contribution in [1.82, 2.24) is 24.9 Å². The van der Waals surface area contributed by atoms with Crippen LogP contribution >= 0.6 is 11.6 Å². The molecule has 1 aliphatic carbocycles. The maximum atomic E-state index is 12.1. The molecule has 1 amide bonds. The fourth-order valence-electron chi connectivity index (χ4n) is 2.51. The van der Waals surface area contributed by atoms with E-state index in [0.717, 1.165) is 0 Å². The minimum atomic E-state index is -0.128. The molecule has 0 spiro atoms. The number of hydrogen-bond acceptors (Lipinski definition) is 6. The second-order valence-electron chi connectivity index (χ2n) is 6.08. The highest BCUT2D eigenvalue weighted by molar-refractivity contribution is 6.29. The number of aromatic nitrogens is 4. The van der Waals surface area contributed by atoms with Crippen molar-refractivity contribution >= 4 is 34.7 Å². The average Bonchev–Trinajstić information content (AvgIpc) is 3.38. The third-order valence-corrected chi connectivity index (χ3v) is 4.27. The molecule has 4 rings (SSSR count). The van der Waals surface area contributed by atoms with Gasteiger partial charge in [-0.05, 0) is 30.9 Å². The fourth-order valence-corrected chi connectivity index (χ4v) is 2.69. The van der Waals surface area contributed by atoms with Crippen LogP contribution in [-0.4, -0.2) is 32.0 Å². The minimum absolute atomic E-state index is 0.128. The van der Waals surface area contributed by atoms with Crippen molar-refractivity contribution in [3.8, 4) is 6.07 Å². The van der Waals surface area contributed by atoms with Crippen molar-refractivity contribution in [3.63, 3.8) is 0 Å². The van der Waals surface area contributed by atoms with Gasteiger partial charge in [0, 0.05) is 18.8 Å². The van der Waals surface area contributed by atoms with Crippen molar-refractivity contribution < 1.29 is 4.79 Å². The number of halogens is 1. The zero-order valence-electron chi connectivity index (χ0n) is 13.6. The highest BCUT2D eigenvalue weighted by Crippen LogP contribution is 2.27. The Hall–Kier alpha value is -3.18. The van der Waals surface area contributed by atoms with Crippen molar-refractivity contribution in [1.29, 1.82) is 5.26 Å². The number of pyridine rings is 1. The van der Waals surface area contributed by atoms with Crippen LogP contribution in [0.4, 0.5) is 11.5 Å². The van der Waals surface area contributed by atoms with Gasteiger partial charge in [0.2, 0.25) is 0 Å². The van der Waals surface area contributed by atoms with Gasteiger partial charge in [-0.1, -0.05) is 11.6 Å². The molecule has 0 aliphatic heterocycles. The number of anilines is 2. The molecule has 1 saturated carbocycles. The second kappa shape index (κ2) is 6.61. The summed E-state index contributed by atoms with van der Waals surface area (Å²) in [6.45, 7) is 0.716. The fraction of sp³-hybridized carbons (Fsp3) is 0.235. The first-order valence-electron chi connectivity index (χ1n) is 8.09. The lowest BCUT2D eigenvalue weighted by Crippen LogP contribution is -2.25. The summed E-state index contributed by atoms with van der Waals surface area (Å²) < 4.78 is 1.37. The smallest absolute Gasteiger partial charge is 0.252 e. The van der Waals surface area contributed by atoms with Gasteiger partial charge in [0.05, 0.1) is 17.4 Å². The number of nitrogens with zero attached hydrogens (tertiary/aromatic N) is 5. The Morgan fingerprint density at radius 3 is 2.88 bits per heavy atom. The monoisotopic (exact) mass is 367 g/mol. The maximum Gasteiger partial charge on any atom is 0.252 e.